The largest absolute Gasteiger partial charge is 0.289 e. The average molecular weight is 300 g/mol. The zero-order valence-corrected chi connectivity index (χ0v) is 12.6. The molecule has 0 amide bonds. The molecule has 0 radical (unpaired) electrons. The smallest absolute Gasteiger partial charge is 0.192 e. The van der Waals surface area contributed by atoms with Crippen molar-refractivity contribution in [1.29, 1.82) is 0 Å². The molecule has 2 aliphatic rings. The lowest BCUT2D eigenvalue weighted by Crippen LogP contribution is -2.12. The molecule has 1 saturated carbocycles. The fourth-order valence-corrected chi connectivity index (χ4v) is 3.20. The Bertz CT molecular complexity index is 829. The first-order valence-corrected chi connectivity index (χ1v) is 7.87. The van der Waals surface area contributed by atoms with Gasteiger partial charge in [0.15, 0.2) is 11.6 Å². The van der Waals surface area contributed by atoms with Crippen LogP contribution in [0.5, 0.6) is 0 Å². The van der Waals surface area contributed by atoms with Crippen LogP contribution in [0.25, 0.3) is 0 Å². The van der Waals surface area contributed by atoms with Crippen molar-refractivity contribution in [2.24, 2.45) is 11.8 Å². The summed E-state index contributed by atoms with van der Waals surface area (Å²) in [4.78, 5) is 25.4. The van der Waals surface area contributed by atoms with E-state index in [1.807, 2.05) is 66.7 Å². The highest BCUT2D eigenvalue weighted by molar-refractivity contribution is 6.15. The first-order valence-electron chi connectivity index (χ1n) is 7.87. The molecule has 2 nitrogen and oxygen atoms in total. The van der Waals surface area contributed by atoms with Gasteiger partial charge < -0.3 is 0 Å². The predicted octanol–water partition coefficient (Wildman–Crippen LogP) is 4.25. The summed E-state index contributed by atoms with van der Waals surface area (Å²) in [7, 11) is 0. The molecule has 0 N–H and O–H groups in total. The maximum atomic E-state index is 12.7. The Kier molecular flexibility index (Phi) is 3.30. The Morgan fingerprint density at radius 3 is 1.96 bits per heavy atom. The second kappa shape index (κ2) is 5.47. The third-order valence-electron chi connectivity index (χ3n) is 4.54. The molecule has 0 bridgehead atoms. The summed E-state index contributed by atoms with van der Waals surface area (Å²) >= 11 is 0. The van der Waals surface area contributed by atoms with Gasteiger partial charge in [-0.05, 0) is 24.3 Å². The molecule has 0 heterocycles. The third kappa shape index (κ3) is 2.57. The Morgan fingerprint density at radius 2 is 1.35 bits per heavy atom. The summed E-state index contributed by atoms with van der Waals surface area (Å²) in [6.07, 6.45) is 4.80. The van der Waals surface area contributed by atoms with Crippen molar-refractivity contribution in [1.82, 2.24) is 0 Å². The van der Waals surface area contributed by atoms with Crippen LogP contribution in [0, 0.1) is 11.8 Å². The van der Waals surface area contributed by atoms with Gasteiger partial charge in [0.1, 0.15) is 0 Å². The van der Waals surface area contributed by atoms with Crippen molar-refractivity contribution >= 4 is 11.6 Å². The van der Waals surface area contributed by atoms with Gasteiger partial charge in [0.2, 0.25) is 0 Å². The van der Waals surface area contributed by atoms with Crippen LogP contribution in [0.2, 0.25) is 0 Å². The summed E-state index contributed by atoms with van der Waals surface area (Å²) in [5, 5.41) is 0. The zero-order valence-electron chi connectivity index (χ0n) is 12.6. The van der Waals surface area contributed by atoms with Gasteiger partial charge in [0.25, 0.3) is 0 Å². The van der Waals surface area contributed by atoms with Crippen molar-refractivity contribution < 1.29 is 9.59 Å². The van der Waals surface area contributed by atoms with Crippen molar-refractivity contribution in [3.8, 4) is 0 Å². The van der Waals surface area contributed by atoms with Gasteiger partial charge in [-0.15, -0.1) is 0 Å². The Morgan fingerprint density at radius 1 is 0.783 bits per heavy atom. The van der Waals surface area contributed by atoms with E-state index < -0.39 is 0 Å². The molecule has 2 heteroatoms. The number of hydrogen-bond donors (Lipinski definition) is 0. The van der Waals surface area contributed by atoms with Gasteiger partial charge in [0, 0.05) is 22.3 Å². The Hall–Kier alpha value is -2.74. The molecule has 112 valence electrons. The average Bonchev–Trinajstić information content (AvgIpc) is 3.40. The molecule has 23 heavy (non-hydrogen) atoms. The summed E-state index contributed by atoms with van der Waals surface area (Å²) in [6, 6.07) is 18.5. The molecule has 0 aliphatic heterocycles. The number of fused-ring (bicyclic) bond motifs is 1. The van der Waals surface area contributed by atoms with Gasteiger partial charge in [0.05, 0.1) is 0 Å². The summed E-state index contributed by atoms with van der Waals surface area (Å²) in [6.45, 7) is 0. The maximum absolute atomic E-state index is 12.7. The lowest BCUT2D eigenvalue weighted by molar-refractivity contribution is 0.102. The maximum Gasteiger partial charge on any atom is 0.192 e. The van der Waals surface area contributed by atoms with Gasteiger partial charge in [-0.1, -0.05) is 66.7 Å². The normalized spacial score (nSPS) is 21.7. The van der Waals surface area contributed by atoms with E-state index in [1.54, 1.807) is 6.08 Å². The second-order valence-corrected chi connectivity index (χ2v) is 6.12. The highest BCUT2D eigenvalue weighted by atomic mass is 16.1. The first kappa shape index (κ1) is 13.9. The van der Waals surface area contributed by atoms with Crippen LogP contribution >= 0.6 is 0 Å². The highest BCUT2D eigenvalue weighted by Gasteiger charge is 2.44. The highest BCUT2D eigenvalue weighted by Crippen LogP contribution is 2.50. The Labute approximate surface area is 135 Å². The minimum atomic E-state index is -0.00527. The molecule has 2 aliphatic carbocycles. The van der Waals surface area contributed by atoms with Crippen LogP contribution in [-0.2, 0) is 0 Å². The number of hydrogen-bond acceptors (Lipinski definition) is 2. The van der Waals surface area contributed by atoms with Gasteiger partial charge >= 0.3 is 0 Å². The third-order valence-corrected chi connectivity index (χ3v) is 4.54. The molecule has 2 atom stereocenters. The number of rotatable bonds is 4. The van der Waals surface area contributed by atoms with E-state index in [0.717, 1.165) is 12.0 Å². The number of carbonyl (C=O) groups is 2. The summed E-state index contributed by atoms with van der Waals surface area (Å²) < 4.78 is 0. The molecule has 4 rings (SSSR count). The SMILES string of the molecule is O=C(C1=CC2CC2C(C(=O)c2ccccc2)=C1)c1ccccc1. The molecule has 0 saturated heterocycles. The quantitative estimate of drug-likeness (QED) is 0.791. The van der Waals surface area contributed by atoms with Crippen LogP contribution < -0.4 is 0 Å². The molecule has 2 unspecified atom stereocenters. The van der Waals surface area contributed by atoms with E-state index in [2.05, 4.69) is 0 Å². The van der Waals surface area contributed by atoms with Crippen molar-refractivity contribution in [2.75, 3.05) is 0 Å². The van der Waals surface area contributed by atoms with Gasteiger partial charge in [-0.25, -0.2) is 0 Å². The lowest BCUT2D eigenvalue weighted by atomic mass is 9.90. The van der Waals surface area contributed by atoms with Crippen LogP contribution in [0.15, 0.2) is 84.0 Å². The monoisotopic (exact) mass is 300 g/mol. The molecular weight excluding hydrogens is 284 g/mol. The van der Waals surface area contributed by atoms with Gasteiger partial charge in [-0.3, -0.25) is 9.59 Å². The number of ketones is 2. The number of benzene rings is 2. The Balaban J connectivity index is 1.67. The second-order valence-electron chi connectivity index (χ2n) is 6.12. The van der Waals surface area contributed by atoms with Crippen LogP contribution in [0.4, 0.5) is 0 Å². The molecule has 1 fully saturated rings. The lowest BCUT2D eigenvalue weighted by Gasteiger charge is -2.12. The fraction of sp³-hybridized carbons (Fsp3) is 0.143. The van der Waals surface area contributed by atoms with E-state index in [4.69, 9.17) is 0 Å². The van der Waals surface area contributed by atoms with Crippen molar-refractivity contribution in [2.45, 2.75) is 6.42 Å². The number of carbonyl (C=O) groups excluding carboxylic acids is 2. The van der Waals surface area contributed by atoms with Crippen LogP contribution in [0.3, 0.4) is 0 Å². The number of Topliss-reactive ketones (excluding diaryl/α,β-unsaturated/α-hetero) is 2. The number of allylic oxidation sites excluding steroid dienone is 4. The fourth-order valence-electron chi connectivity index (χ4n) is 3.20. The van der Waals surface area contributed by atoms with E-state index in [9.17, 15) is 9.59 Å². The van der Waals surface area contributed by atoms with Gasteiger partial charge in [-0.2, -0.15) is 0 Å². The standard InChI is InChI=1S/C21H16O2/c22-20(14-7-3-1-4-8-14)17-11-16-12-18(16)19(13-17)21(23)15-9-5-2-6-10-15/h1-11,13,16,18H,12H2. The predicted molar refractivity (Wildman–Crippen MR) is 89.3 cm³/mol. The molecular formula is C21H16O2. The van der Waals surface area contributed by atoms with Crippen LogP contribution in [-0.4, -0.2) is 11.6 Å². The molecule has 2 aromatic rings. The summed E-state index contributed by atoms with van der Waals surface area (Å²) in [5.41, 5.74) is 2.79. The molecule has 0 aromatic heterocycles. The van der Waals surface area contributed by atoms with E-state index >= 15 is 0 Å². The first-order chi connectivity index (χ1) is 11.2. The topological polar surface area (TPSA) is 34.1 Å². The van der Waals surface area contributed by atoms with Crippen LogP contribution in [0.1, 0.15) is 27.1 Å². The van der Waals surface area contributed by atoms with E-state index in [0.29, 0.717) is 22.6 Å². The van der Waals surface area contributed by atoms with Crippen molar-refractivity contribution in [3.63, 3.8) is 0 Å². The minimum absolute atomic E-state index is 0.00527. The van der Waals surface area contributed by atoms with E-state index in [-0.39, 0.29) is 17.5 Å². The minimum Gasteiger partial charge on any atom is -0.289 e. The summed E-state index contributed by atoms with van der Waals surface area (Å²) in [5.74, 6) is 0.666. The molecule has 0 spiro atoms. The van der Waals surface area contributed by atoms with Crippen molar-refractivity contribution in [3.05, 3.63) is 95.1 Å². The molecule has 2 aromatic carbocycles. The van der Waals surface area contributed by atoms with E-state index in [1.165, 1.54) is 0 Å². The zero-order chi connectivity index (χ0) is 15.8.